The molecule has 0 atom stereocenters. The van der Waals surface area contributed by atoms with Crippen molar-refractivity contribution in [2.45, 2.75) is 6.92 Å². The van der Waals surface area contributed by atoms with E-state index in [2.05, 4.69) is 10.2 Å². The van der Waals surface area contributed by atoms with E-state index in [0.29, 0.717) is 22.5 Å². The Hall–Kier alpha value is -3.21. The van der Waals surface area contributed by atoms with Crippen LogP contribution in [0, 0.1) is 6.92 Å². The van der Waals surface area contributed by atoms with Crippen LogP contribution in [-0.4, -0.2) is 23.2 Å². The molecule has 1 aromatic heterocycles. The number of nitrogens with zero attached hydrogens (tertiary/aromatic N) is 2. The van der Waals surface area contributed by atoms with Gasteiger partial charge >= 0.3 is 0 Å². The zero-order chi connectivity index (χ0) is 17.1. The van der Waals surface area contributed by atoms with Gasteiger partial charge in [-0.3, -0.25) is 4.79 Å². The summed E-state index contributed by atoms with van der Waals surface area (Å²) in [6.07, 6.45) is 0. The third-order valence-electron chi connectivity index (χ3n) is 3.87. The van der Waals surface area contributed by atoms with Crippen molar-refractivity contribution in [1.29, 1.82) is 0 Å². The van der Waals surface area contributed by atoms with Crippen molar-refractivity contribution in [3.63, 3.8) is 0 Å². The monoisotopic (exact) mass is 319 g/mol. The highest BCUT2D eigenvalue weighted by atomic mass is 16.5. The van der Waals surface area contributed by atoms with Gasteiger partial charge < -0.3 is 10.5 Å². The molecule has 0 radical (unpaired) electrons. The molecule has 0 aliphatic carbocycles. The lowest BCUT2D eigenvalue weighted by atomic mass is 9.97. The number of rotatable bonds is 4. The van der Waals surface area contributed by atoms with Crippen LogP contribution in [0.4, 0.5) is 0 Å². The quantitative estimate of drug-likeness (QED) is 0.801. The van der Waals surface area contributed by atoms with Gasteiger partial charge in [-0.05, 0) is 36.8 Å². The van der Waals surface area contributed by atoms with Crippen LogP contribution in [0.1, 0.15) is 15.9 Å². The minimum absolute atomic E-state index is 0.391. The van der Waals surface area contributed by atoms with Gasteiger partial charge in [-0.2, -0.15) is 0 Å². The number of ether oxygens (including phenoxy) is 1. The Labute approximate surface area is 140 Å². The van der Waals surface area contributed by atoms with E-state index in [0.717, 1.165) is 16.9 Å². The van der Waals surface area contributed by atoms with Gasteiger partial charge in [0.05, 0.1) is 18.4 Å². The summed E-state index contributed by atoms with van der Waals surface area (Å²) in [5.41, 5.74) is 9.51. The zero-order valence-electron chi connectivity index (χ0n) is 13.5. The largest absolute Gasteiger partial charge is 0.497 e. The highest BCUT2D eigenvalue weighted by molar-refractivity contribution is 6.01. The molecule has 0 aliphatic heterocycles. The summed E-state index contributed by atoms with van der Waals surface area (Å²) in [4.78, 5) is 12.0. The highest BCUT2D eigenvalue weighted by Crippen LogP contribution is 2.29. The second kappa shape index (κ2) is 6.50. The Balaban J connectivity index is 2.16. The van der Waals surface area contributed by atoms with E-state index >= 15 is 0 Å². The number of nitrogens with two attached hydrogens (primary N) is 1. The standard InChI is InChI=1S/C19H17N3O2/c1-12-16(19(20)23)18(13-6-4-3-5-7-13)22-21-17(12)14-8-10-15(24-2)11-9-14/h3-11H,1-2H3,(H2,20,23). The Bertz CT molecular complexity index is 875. The predicted octanol–water partition coefficient (Wildman–Crippen LogP) is 3.23. The van der Waals surface area contributed by atoms with Crippen LogP contribution in [0.3, 0.4) is 0 Å². The number of amides is 1. The molecule has 3 rings (SSSR count). The topological polar surface area (TPSA) is 78.1 Å². The van der Waals surface area contributed by atoms with Crippen molar-refractivity contribution < 1.29 is 9.53 Å². The maximum Gasteiger partial charge on any atom is 0.251 e. The van der Waals surface area contributed by atoms with Gasteiger partial charge in [0.1, 0.15) is 11.4 Å². The minimum Gasteiger partial charge on any atom is -0.497 e. The molecule has 120 valence electrons. The van der Waals surface area contributed by atoms with Crippen LogP contribution < -0.4 is 10.5 Å². The average Bonchev–Trinajstić information content (AvgIpc) is 2.62. The van der Waals surface area contributed by atoms with Crippen LogP contribution >= 0.6 is 0 Å². The van der Waals surface area contributed by atoms with Crippen molar-refractivity contribution >= 4 is 5.91 Å². The normalized spacial score (nSPS) is 10.4. The number of carbonyl (C=O) groups excluding carboxylic acids is 1. The van der Waals surface area contributed by atoms with Crippen molar-refractivity contribution in [1.82, 2.24) is 10.2 Å². The van der Waals surface area contributed by atoms with Gasteiger partial charge in [0, 0.05) is 11.1 Å². The fraction of sp³-hybridized carbons (Fsp3) is 0.105. The lowest BCUT2D eigenvalue weighted by molar-refractivity contribution is 0.1000. The van der Waals surface area contributed by atoms with Gasteiger partial charge in [-0.25, -0.2) is 0 Å². The number of methoxy groups -OCH3 is 1. The van der Waals surface area contributed by atoms with Crippen molar-refractivity contribution in [2.75, 3.05) is 7.11 Å². The Kier molecular flexibility index (Phi) is 4.24. The number of hydrogen-bond donors (Lipinski definition) is 1. The van der Waals surface area contributed by atoms with Gasteiger partial charge in [0.2, 0.25) is 0 Å². The Morgan fingerprint density at radius 1 is 0.917 bits per heavy atom. The predicted molar refractivity (Wildman–Crippen MR) is 92.7 cm³/mol. The molecule has 0 saturated heterocycles. The first-order valence-corrected chi connectivity index (χ1v) is 7.48. The Morgan fingerprint density at radius 2 is 1.50 bits per heavy atom. The summed E-state index contributed by atoms with van der Waals surface area (Å²) in [6, 6.07) is 16.9. The molecular formula is C19H17N3O2. The van der Waals surface area contributed by atoms with Crippen LogP contribution in [0.15, 0.2) is 54.6 Å². The van der Waals surface area contributed by atoms with Gasteiger partial charge in [-0.15, -0.1) is 10.2 Å². The molecule has 5 nitrogen and oxygen atoms in total. The zero-order valence-corrected chi connectivity index (χ0v) is 13.5. The van der Waals surface area contributed by atoms with E-state index in [9.17, 15) is 4.79 Å². The van der Waals surface area contributed by atoms with Gasteiger partial charge in [0.25, 0.3) is 5.91 Å². The summed E-state index contributed by atoms with van der Waals surface area (Å²) in [5.74, 6) is 0.233. The molecule has 1 heterocycles. The first-order chi connectivity index (χ1) is 11.6. The number of primary amides is 1. The fourth-order valence-corrected chi connectivity index (χ4v) is 2.64. The molecule has 5 heteroatoms. The molecule has 0 spiro atoms. The summed E-state index contributed by atoms with van der Waals surface area (Å²) < 4.78 is 5.16. The lowest BCUT2D eigenvalue weighted by Crippen LogP contribution is -2.17. The van der Waals surface area contributed by atoms with E-state index in [1.807, 2.05) is 61.5 Å². The fourth-order valence-electron chi connectivity index (χ4n) is 2.64. The van der Waals surface area contributed by atoms with Gasteiger partial charge in [0.15, 0.2) is 0 Å². The molecule has 2 N–H and O–H groups in total. The molecule has 0 unspecified atom stereocenters. The van der Waals surface area contributed by atoms with Crippen LogP contribution in [0.25, 0.3) is 22.5 Å². The molecule has 0 fully saturated rings. The van der Waals surface area contributed by atoms with E-state index < -0.39 is 5.91 Å². The molecule has 0 bridgehead atoms. The summed E-state index contributed by atoms with van der Waals surface area (Å²) in [7, 11) is 1.61. The smallest absolute Gasteiger partial charge is 0.251 e. The minimum atomic E-state index is -0.518. The highest BCUT2D eigenvalue weighted by Gasteiger charge is 2.19. The molecule has 2 aromatic carbocycles. The van der Waals surface area contributed by atoms with Crippen molar-refractivity contribution in [3.8, 4) is 28.3 Å². The van der Waals surface area contributed by atoms with E-state index in [4.69, 9.17) is 10.5 Å². The first-order valence-electron chi connectivity index (χ1n) is 7.48. The average molecular weight is 319 g/mol. The second-order valence-electron chi connectivity index (χ2n) is 5.36. The molecule has 24 heavy (non-hydrogen) atoms. The number of hydrogen-bond acceptors (Lipinski definition) is 4. The number of aromatic nitrogens is 2. The number of carbonyl (C=O) groups is 1. The molecule has 1 amide bonds. The van der Waals surface area contributed by atoms with Crippen LogP contribution in [0.5, 0.6) is 5.75 Å². The van der Waals surface area contributed by atoms with E-state index in [-0.39, 0.29) is 0 Å². The summed E-state index contributed by atoms with van der Waals surface area (Å²) in [6.45, 7) is 1.83. The van der Waals surface area contributed by atoms with E-state index in [1.165, 1.54) is 0 Å². The third-order valence-corrected chi connectivity index (χ3v) is 3.87. The van der Waals surface area contributed by atoms with Crippen molar-refractivity contribution in [2.24, 2.45) is 5.73 Å². The maximum absolute atomic E-state index is 12.0. The molecule has 0 aliphatic rings. The lowest BCUT2D eigenvalue weighted by Gasteiger charge is -2.12. The van der Waals surface area contributed by atoms with Crippen molar-refractivity contribution in [3.05, 3.63) is 65.7 Å². The SMILES string of the molecule is COc1ccc(-c2nnc(-c3ccccc3)c(C(N)=O)c2C)cc1. The van der Waals surface area contributed by atoms with Crippen LogP contribution in [-0.2, 0) is 0 Å². The number of benzene rings is 2. The Morgan fingerprint density at radius 3 is 2.08 bits per heavy atom. The molecule has 0 saturated carbocycles. The van der Waals surface area contributed by atoms with Gasteiger partial charge in [-0.1, -0.05) is 30.3 Å². The second-order valence-corrected chi connectivity index (χ2v) is 5.36. The summed E-state index contributed by atoms with van der Waals surface area (Å²) >= 11 is 0. The first kappa shape index (κ1) is 15.7. The molecular weight excluding hydrogens is 302 g/mol. The van der Waals surface area contributed by atoms with E-state index in [1.54, 1.807) is 7.11 Å². The molecule has 3 aromatic rings. The summed E-state index contributed by atoms with van der Waals surface area (Å²) in [5, 5.41) is 8.59. The third kappa shape index (κ3) is 2.84. The maximum atomic E-state index is 12.0. The van der Waals surface area contributed by atoms with Crippen LogP contribution in [0.2, 0.25) is 0 Å².